The van der Waals surface area contributed by atoms with Gasteiger partial charge in [-0.25, -0.2) is 4.79 Å². The van der Waals surface area contributed by atoms with Crippen LogP contribution in [0.2, 0.25) is 10.0 Å². The van der Waals surface area contributed by atoms with E-state index in [4.69, 9.17) is 33.0 Å². The van der Waals surface area contributed by atoms with Gasteiger partial charge in [-0.3, -0.25) is 9.97 Å². The molecular formula is C16H11Cl2N3O3. The molecule has 0 saturated carbocycles. The second kappa shape index (κ2) is 6.90. The van der Waals surface area contributed by atoms with Crippen molar-refractivity contribution in [3.8, 4) is 17.3 Å². The molecular weight excluding hydrogens is 353 g/mol. The summed E-state index contributed by atoms with van der Waals surface area (Å²) in [5, 5.41) is 9.97. The molecule has 0 bridgehead atoms. The van der Waals surface area contributed by atoms with Gasteiger partial charge < -0.3 is 14.4 Å². The molecule has 0 saturated heterocycles. The topological polar surface area (TPSA) is 77.2 Å². The second-order valence-electron chi connectivity index (χ2n) is 4.84. The number of hydrogen-bond donors (Lipinski definition) is 1. The van der Waals surface area contributed by atoms with Gasteiger partial charge in [-0.15, -0.1) is 0 Å². The van der Waals surface area contributed by atoms with Gasteiger partial charge in [-0.05, 0) is 29.8 Å². The SMILES string of the molecule is O=C(O)Oc1ccc(-c2cnccn2)n1Cc1cc(Cl)ccc1Cl. The lowest BCUT2D eigenvalue weighted by molar-refractivity contribution is 0.141. The third-order valence-corrected chi connectivity index (χ3v) is 3.90. The average molecular weight is 364 g/mol. The highest BCUT2D eigenvalue weighted by molar-refractivity contribution is 6.33. The van der Waals surface area contributed by atoms with E-state index in [9.17, 15) is 4.79 Å². The largest absolute Gasteiger partial charge is 0.512 e. The fraction of sp³-hybridized carbons (Fsp3) is 0.0625. The van der Waals surface area contributed by atoms with Gasteiger partial charge in [-0.1, -0.05) is 23.2 Å². The van der Waals surface area contributed by atoms with Crippen molar-refractivity contribution >= 4 is 29.4 Å². The molecule has 0 spiro atoms. The molecule has 2 heterocycles. The Hall–Kier alpha value is -2.57. The van der Waals surface area contributed by atoms with E-state index in [0.29, 0.717) is 21.4 Å². The van der Waals surface area contributed by atoms with Crippen LogP contribution < -0.4 is 4.74 Å². The highest BCUT2D eigenvalue weighted by Gasteiger charge is 2.16. The molecule has 1 N–H and O–H groups in total. The van der Waals surface area contributed by atoms with Crippen molar-refractivity contribution in [1.82, 2.24) is 14.5 Å². The lowest BCUT2D eigenvalue weighted by atomic mass is 10.2. The summed E-state index contributed by atoms with van der Waals surface area (Å²) in [5.41, 5.74) is 1.95. The van der Waals surface area contributed by atoms with Crippen LogP contribution >= 0.6 is 23.2 Å². The molecule has 3 aromatic rings. The summed E-state index contributed by atoms with van der Waals surface area (Å²) in [4.78, 5) is 19.2. The summed E-state index contributed by atoms with van der Waals surface area (Å²) < 4.78 is 6.49. The van der Waals surface area contributed by atoms with E-state index in [1.807, 2.05) is 0 Å². The maximum Gasteiger partial charge on any atom is 0.512 e. The Morgan fingerprint density at radius 1 is 1.21 bits per heavy atom. The lowest BCUT2D eigenvalue weighted by Gasteiger charge is -2.13. The normalized spacial score (nSPS) is 10.6. The Morgan fingerprint density at radius 3 is 2.75 bits per heavy atom. The van der Waals surface area contributed by atoms with Gasteiger partial charge in [0, 0.05) is 28.5 Å². The molecule has 0 aliphatic carbocycles. The molecule has 2 aromatic heterocycles. The number of rotatable bonds is 4. The number of nitrogens with zero attached hydrogens (tertiary/aromatic N) is 3. The van der Waals surface area contributed by atoms with Crippen molar-refractivity contribution in [2.75, 3.05) is 0 Å². The number of halogens is 2. The molecule has 0 aliphatic heterocycles. The van der Waals surface area contributed by atoms with Crippen LogP contribution in [-0.2, 0) is 6.54 Å². The molecule has 3 rings (SSSR count). The molecule has 0 fully saturated rings. The number of benzene rings is 1. The van der Waals surface area contributed by atoms with Gasteiger partial charge in [0.05, 0.1) is 18.4 Å². The van der Waals surface area contributed by atoms with Crippen molar-refractivity contribution in [1.29, 1.82) is 0 Å². The van der Waals surface area contributed by atoms with Crippen molar-refractivity contribution in [2.45, 2.75) is 6.54 Å². The van der Waals surface area contributed by atoms with Crippen molar-refractivity contribution in [3.63, 3.8) is 0 Å². The van der Waals surface area contributed by atoms with Gasteiger partial charge in [0.1, 0.15) is 5.69 Å². The molecule has 1 aromatic carbocycles. The Bertz CT molecular complexity index is 882. The number of hydrogen-bond acceptors (Lipinski definition) is 4. The number of carbonyl (C=O) groups is 1. The monoisotopic (exact) mass is 363 g/mol. The summed E-state index contributed by atoms with van der Waals surface area (Å²) in [6.45, 7) is 0.265. The number of aromatic nitrogens is 3. The predicted octanol–water partition coefficient (Wildman–Crippen LogP) is 4.36. The van der Waals surface area contributed by atoms with Crippen LogP contribution in [0.15, 0.2) is 48.9 Å². The summed E-state index contributed by atoms with van der Waals surface area (Å²) >= 11 is 12.2. The number of carboxylic acid groups (broad SMARTS) is 1. The lowest BCUT2D eigenvalue weighted by Crippen LogP contribution is -2.10. The Morgan fingerprint density at radius 2 is 2.04 bits per heavy atom. The van der Waals surface area contributed by atoms with E-state index in [-0.39, 0.29) is 12.4 Å². The van der Waals surface area contributed by atoms with E-state index in [0.717, 1.165) is 5.56 Å². The molecule has 0 unspecified atom stereocenters. The molecule has 0 atom stereocenters. The zero-order valence-electron chi connectivity index (χ0n) is 12.2. The summed E-state index contributed by atoms with van der Waals surface area (Å²) in [6.07, 6.45) is 3.28. The highest BCUT2D eigenvalue weighted by Crippen LogP contribution is 2.29. The second-order valence-corrected chi connectivity index (χ2v) is 5.68. The first-order chi connectivity index (χ1) is 11.5. The van der Waals surface area contributed by atoms with Crippen molar-refractivity contribution < 1.29 is 14.6 Å². The molecule has 6 nitrogen and oxygen atoms in total. The molecule has 0 aliphatic rings. The molecule has 122 valence electrons. The van der Waals surface area contributed by atoms with Gasteiger partial charge >= 0.3 is 6.16 Å². The quantitative estimate of drug-likeness (QED) is 0.696. The zero-order chi connectivity index (χ0) is 17.1. The third-order valence-electron chi connectivity index (χ3n) is 3.29. The van der Waals surface area contributed by atoms with E-state index in [1.165, 1.54) is 0 Å². The van der Waals surface area contributed by atoms with E-state index < -0.39 is 6.16 Å². The summed E-state index contributed by atoms with van der Waals surface area (Å²) in [7, 11) is 0. The Balaban J connectivity index is 2.08. The fourth-order valence-corrected chi connectivity index (χ4v) is 2.65. The van der Waals surface area contributed by atoms with Gasteiger partial charge in [0.25, 0.3) is 0 Å². The first-order valence-electron chi connectivity index (χ1n) is 6.85. The molecule has 24 heavy (non-hydrogen) atoms. The minimum atomic E-state index is -1.41. The molecule has 8 heteroatoms. The predicted molar refractivity (Wildman–Crippen MR) is 89.7 cm³/mol. The van der Waals surface area contributed by atoms with Crippen molar-refractivity contribution in [3.05, 3.63) is 64.5 Å². The average Bonchev–Trinajstić information content (AvgIpc) is 2.94. The maximum atomic E-state index is 10.9. The van der Waals surface area contributed by atoms with E-state index in [2.05, 4.69) is 9.97 Å². The highest BCUT2D eigenvalue weighted by atomic mass is 35.5. The van der Waals surface area contributed by atoms with Crippen LogP contribution in [0, 0.1) is 0 Å². The van der Waals surface area contributed by atoms with Gasteiger partial charge in [0.15, 0.2) is 0 Å². The van der Waals surface area contributed by atoms with E-state index >= 15 is 0 Å². The zero-order valence-corrected chi connectivity index (χ0v) is 13.7. The molecule has 0 amide bonds. The first kappa shape index (κ1) is 16.3. The standard InChI is InChI=1S/C16H11Cl2N3O3/c17-11-1-2-12(18)10(7-11)9-21-14(13-8-19-5-6-20-13)3-4-15(21)24-16(22)23/h1-8H,9H2,(H,22,23). The minimum absolute atomic E-state index is 0.152. The van der Waals surface area contributed by atoms with Crippen LogP contribution in [0.25, 0.3) is 11.4 Å². The number of ether oxygens (including phenoxy) is 1. The van der Waals surface area contributed by atoms with Crippen LogP contribution in [0.1, 0.15) is 5.56 Å². The Kier molecular flexibility index (Phi) is 4.69. The van der Waals surface area contributed by atoms with Gasteiger partial charge in [-0.2, -0.15) is 0 Å². The first-order valence-corrected chi connectivity index (χ1v) is 7.61. The van der Waals surface area contributed by atoms with Crippen LogP contribution in [0.5, 0.6) is 5.88 Å². The van der Waals surface area contributed by atoms with Crippen molar-refractivity contribution in [2.24, 2.45) is 0 Å². The van der Waals surface area contributed by atoms with Crippen LogP contribution in [-0.4, -0.2) is 25.8 Å². The third kappa shape index (κ3) is 3.50. The maximum absolute atomic E-state index is 10.9. The van der Waals surface area contributed by atoms with Crippen LogP contribution in [0.3, 0.4) is 0 Å². The van der Waals surface area contributed by atoms with E-state index in [1.54, 1.807) is 53.5 Å². The van der Waals surface area contributed by atoms with Gasteiger partial charge in [0.2, 0.25) is 5.88 Å². The summed E-state index contributed by atoms with van der Waals surface area (Å²) in [5.74, 6) is 0.152. The summed E-state index contributed by atoms with van der Waals surface area (Å²) in [6, 6.07) is 8.34. The smallest absolute Gasteiger partial charge is 0.449 e. The Labute approximate surface area is 147 Å². The van der Waals surface area contributed by atoms with Crippen LogP contribution in [0.4, 0.5) is 4.79 Å². The fourth-order valence-electron chi connectivity index (χ4n) is 2.28. The minimum Gasteiger partial charge on any atom is -0.449 e. The molecule has 0 radical (unpaired) electrons.